The van der Waals surface area contributed by atoms with Gasteiger partial charge in [0.15, 0.2) is 6.20 Å². The van der Waals surface area contributed by atoms with E-state index in [0.717, 1.165) is 5.56 Å². The summed E-state index contributed by atoms with van der Waals surface area (Å²) in [5.74, 6) is -0.407. The van der Waals surface area contributed by atoms with Crippen LogP contribution in [0.3, 0.4) is 0 Å². The Morgan fingerprint density at radius 3 is 2.51 bits per heavy atom. The van der Waals surface area contributed by atoms with Gasteiger partial charge in [0, 0.05) is 66.6 Å². The molecule has 12 heteroatoms. The van der Waals surface area contributed by atoms with Crippen molar-refractivity contribution in [2.45, 2.75) is 11.9 Å². The minimum absolute atomic E-state index is 0.0114. The fraction of sp³-hybridized carbons (Fsp3) is 0.217. The van der Waals surface area contributed by atoms with Gasteiger partial charge in [-0.15, -0.1) is 0 Å². The average Bonchev–Trinajstić information content (AvgIpc) is 3.29. The average molecular weight is 513 g/mol. The van der Waals surface area contributed by atoms with Crippen molar-refractivity contribution in [3.05, 3.63) is 76.6 Å². The Kier molecular flexibility index (Phi) is 5.91. The number of pyridine rings is 1. The Morgan fingerprint density at radius 1 is 1.09 bits per heavy atom. The molecule has 1 aliphatic heterocycles. The lowest BCUT2D eigenvalue weighted by atomic mass is 10.2. The molecular formula is C23H21ClN6O4S. The molecule has 5 rings (SSSR count). The summed E-state index contributed by atoms with van der Waals surface area (Å²) < 4.78 is 28.3. The second-order valence-electron chi connectivity index (χ2n) is 8.27. The minimum atomic E-state index is -3.76. The van der Waals surface area contributed by atoms with Crippen LogP contribution in [-0.4, -0.2) is 64.7 Å². The van der Waals surface area contributed by atoms with Crippen LogP contribution in [0.2, 0.25) is 5.02 Å². The van der Waals surface area contributed by atoms with E-state index >= 15 is 0 Å². The Balaban J connectivity index is 1.27. The zero-order valence-corrected chi connectivity index (χ0v) is 20.3. The summed E-state index contributed by atoms with van der Waals surface area (Å²) in [4.78, 5) is 25.6. The Hall–Kier alpha value is -3.54. The van der Waals surface area contributed by atoms with Gasteiger partial charge in [0.2, 0.25) is 11.5 Å². The number of benzene rings is 1. The third kappa shape index (κ3) is 4.45. The molecule has 10 nitrogen and oxygen atoms in total. The summed E-state index contributed by atoms with van der Waals surface area (Å²) in [6.45, 7) is 2.56. The molecule has 0 radical (unpaired) electrons. The highest BCUT2D eigenvalue weighted by Crippen LogP contribution is 2.25. The number of carbonyl (C=O) groups is 1. The van der Waals surface area contributed by atoms with Crippen molar-refractivity contribution in [3.8, 4) is 11.3 Å². The Morgan fingerprint density at radius 2 is 1.80 bits per heavy atom. The zero-order valence-electron chi connectivity index (χ0n) is 18.7. The second kappa shape index (κ2) is 8.91. The highest BCUT2D eigenvalue weighted by atomic mass is 35.5. The van der Waals surface area contributed by atoms with Gasteiger partial charge in [0.05, 0.1) is 5.56 Å². The first-order valence-corrected chi connectivity index (χ1v) is 12.6. The molecule has 3 aromatic heterocycles. The van der Waals surface area contributed by atoms with E-state index in [9.17, 15) is 18.4 Å². The third-order valence-corrected chi connectivity index (χ3v) is 7.97. The Labute approximate surface area is 206 Å². The topological polar surface area (TPSA) is 126 Å². The minimum Gasteiger partial charge on any atom is -0.618 e. The Bertz CT molecular complexity index is 1530. The van der Waals surface area contributed by atoms with Gasteiger partial charge in [-0.2, -0.15) is 9.04 Å². The van der Waals surface area contributed by atoms with Crippen LogP contribution in [0.4, 0.5) is 0 Å². The zero-order chi connectivity index (χ0) is 24.7. The fourth-order valence-electron chi connectivity index (χ4n) is 4.00. The number of H-pyrrole nitrogens is 1. The molecule has 1 fully saturated rings. The second-order valence-corrected chi connectivity index (χ2v) is 10.6. The first kappa shape index (κ1) is 23.2. The van der Waals surface area contributed by atoms with Crippen molar-refractivity contribution >= 4 is 38.4 Å². The number of amides is 1. The van der Waals surface area contributed by atoms with Crippen LogP contribution in [0.1, 0.15) is 16.2 Å². The molecule has 4 aromatic rings. The van der Waals surface area contributed by atoms with E-state index in [4.69, 9.17) is 11.6 Å². The smallest absolute Gasteiger partial charge is 0.291 e. The molecule has 0 atom stereocenters. The van der Waals surface area contributed by atoms with Gasteiger partial charge in [-0.25, -0.2) is 18.4 Å². The van der Waals surface area contributed by atoms with Crippen molar-refractivity contribution < 1.29 is 17.9 Å². The number of aromatic nitrogens is 4. The number of fused-ring (bicyclic) bond motifs is 1. The number of carbonyl (C=O) groups excluding carboxylic acids is 1. The van der Waals surface area contributed by atoms with Gasteiger partial charge in [-0.3, -0.25) is 4.79 Å². The number of rotatable bonds is 4. The largest absolute Gasteiger partial charge is 0.618 e. The number of halogens is 1. The van der Waals surface area contributed by atoms with Crippen molar-refractivity contribution in [3.63, 3.8) is 0 Å². The lowest BCUT2D eigenvalue weighted by Gasteiger charge is -2.33. The molecule has 35 heavy (non-hydrogen) atoms. The molecule has 1 N–H and O–H groups in total. The van der Waals surface area contributed by atoms with Crippen LogP contribution < -0.4 is 4.73 Å². The molecule has 0 spiro atoms. The van der Waals surface area contributed by atoms with Gasteiger partial charge in [-0.1, -0.05) is 11.6 Å². The molecule has 1 aromatic carbocycles. The highest BCUT2D eigenvalue weighted by molar-refractivity contribution is 7.89. The molecule has 180 valence electrons. The molecule has 0 aliphatic carbocycles. The monoisotopic (exact) mass is 512 g/mol. The van der Waals surface area contributed by atoms with Crippen molar-refractivity contribution in [1.82, 2.24) is 24.2 Å². The van der Waals surface area contributed by atoms with Gasteiger partial charge < -0.3 is 15.1 Å². The fourth-order valence-corrected chi connectivity index (χ4v) is 5.62. The quantitative estimate of drug-likeness (QED) is 0.330. The third-order valence-electron chi connectivity index (χ3n) is 5.92. The van der Waals surface area contributed by atoms with Crippen LogP contribution in [0.5, 0.6) is 0 Å². The normalized spacial score (nSPS) is 15.0. The van der Waals surface area contributed by atoms with E-state index in [0.29, 0.717) is 31.9 Å². The number of aryl methyl sites for hydroxylation is 1. The van der Waals surface area contributed by atoms with E-state index in [2.05, 4.69) is 15.0 Å². The van der Waals surface area contributed by atoms with E-state index in [1.165, 1.54) is 27.8 Å². The molecular weight excluding hydrogens is 492 g/mol. The maximum absolute atomic E-state index is 13.1. The molecule has 0 bridgehead atoms. The summed E-state index contributed by atoms with van der Waals surface area (Å²) in [6.07, 6.45) is 4.28. The van der Waals surface area contributed by atoms with E-state index in [1.807, 2.05) is 6.92 Å². The van der Waals surface area contributed by atoms with Crippen molar-refractivity contribution in [2.75, 3.05) is 26.2 Å². The van der Waals surface area contributed by atoms with Crippen LogP contribution in [0, 0.1) is 12.1 Å². The lowest BCUT2D eigenvalue weighted by Crippen LogP contribution is -2.50. The number of hydrogen-bond donors (Lipinski definition) is 1. The van der Waals surface area contributed by atoms with Gasteiger partial charge in [0.1, 0.15) is 5.03 Å². The molecule has 4 heterocycles. The molecule has 1 amide bonds. The number of hydrogen-bond acceptors (Lipinski definition) is 6. The van der Waals surface area contributed by atoms with Gasteiger partial charge in [-0.05, 0) is 36.8 Å². The van der Waals surface area contributed by atoms with E-state index in [1.54, 1.807) is 36.4 Å². The van der Waals surface area contributed by atoms with Crippen LogP contribution in [0.25, 0.3) is 22.2 Å². The lowest BCUT2D eigenvalue weighted by molar-refractivity contribution is -0.593. The predicted octanol–water partition coefficient (Wildman–Crippen LogP) is 2.37. The number of sulfonamides is 1. The first-order chi connectivity index (χ1) is 16.7. The van der Waals surface area contributed by atoms with Crippen LogP contribution >= 0.6 is 11.6 Å². The van der Waals surface area contributed by atoms with Crippen molar-refractivity contribution in [2.24, 2.45) is 0 Å². The number of nitrogens with one attached hydrogen (secondary N) is 1. The standard InChI is InChI=1S/C23H21ClN6O4S/c1-15-4-5-30(32)20(10-15)17-13-25-22(26-14-17)23(31)28-6-8-29(9-7-28)35(33,34)21-12-16-11-18(24)2-3-19(16)27-21/h2-5,10-14,27H,6-9H2,1H3. The van der Waals surface area contributed by atoms with E-state index < -0.39 is 15.9 Å². The summed E-state index contributed by atoms with van der Waals surface area (Å²) >= 11 is 6.00. The molecule has 0 unspecified atom stereocenters. The summed E-state index contributed by atoms with van der Waals surface area (Å²) in [7, 11) is -3.76. The maximum atomic E-state index is 13.1. The number of aromatic amines is 1. The van der Waals surface area contributed by atoms with Crippen molar-refractivity contribution in [1.29, 1.82) is 0 Å². The molecule has 0 saturated carbocycles. The summed E-state index contributed by atoms with van der Waals surface area (Å²) in [5.41, 5.74) is 2.48. The number of nitrogens with zero attached hydrogens (tertiary/aromatic N) is 5. The molecule has 1 saturated heterocycles. The SMILES string of the molecule is Cc1cc[n+]([O-])c(-c2cnc(C(=O)N3CCN(S(=O)(=O)c4cc5cc(Cl)ccc5[nH]4)CC3)nc2)c1. The summed E-state index contributed by atoms with van der Waals surface area (Å²) in [5, 5.41) is 13.4. The summed E-state index contributed by atoms with van der Waals surface area (Å²) in [6, 6.07) is 10.1. The molecule has 1 aliphatic rings. The van der Waals surface area contributed by atoms with E-state index in [-0.39, 0.29) is 37.0 Å². The van der Waals surface area contributed by atoms with Crippen LogP contribution in [-0.2, 0) is 10.0 Å². The highest BCUT2D eigenvalue weighted by Gasteiger charge is 2.32. The number of piperazine rings is 1. The predicted molar refractivity (Wildman–Crippen MR) is 129 cm³/mol. The maximum Gasteiger partial charge on any atom is 0.291 e. The first-order valence-electron chi connectivity index (χ1n) is 10.8. The van der Waals surface area contributed by atoms with Gasteiger partial charge >= 0.3 is 0 Å². The van der Waals surface area contributed by atoms with Crippen LogP contribution in [0.15, 0.2) is 60.0 Å². The van der Waals surface area contributed by atoms with Gasteiger partial charge in [0.25, 0.3) is 15.9 Å².